The standard InChI is InChI=1S/C9H15NOS2/c1-10(7-2-3-7)9(11)8-6-12-4-5-13-8/h7-8H,2-6H2,1H3. The summed E-state index contributed by atoms with van der Waals surface area (Å²) in [5, 5.41) is 0.240. The Hall–Kier alpha value is 0.170. The zero-order chi connectivity index (χ0) is 9.26. The molecule has 4 heteroatoms. The molecule has 1 atom stereocenters. The summed E-state index contributed by atoms with van der Waals surface area (Å²) in [5.41, 5.74) is 0. The van der Waals surface area contributed by atoms with Crippen molar-refractivity contribution in [2.75, 3.05) is 24.3 Å². The number of nitrogens with zero attached hydrogens (tertiary/aromatic N) is 1. The van der Waals surface area contributed by atoms with Crippen molar-refractivity contribution in [3.05, 3.63) is 0 Å². The van der Waals surface area contributed by atoms with Crippen molar-refractivity contribution in [3.8, 4) is 0 Å². The van der Waals surface area contributed by atoms with Crippen molar-refractivity contribution >= 4 is 29.4 Å². The topological polar surface area (TPSA) is 20.3 Å². The summed E-state index contributed by atoms with van der Waals surface area (Å²) >= 11 is 3.75. The molecule has 2 aliphatic rings. The van der Waals surface area contributed by atoms with E-state index in [1.54, 1.807) is 0 Å². The third-order valence-corrected chi connectivity index (χ3v) is 5.28. The highest BCUT2D eigenvalue weighted by atomic mass is 32.2. The van der Waals surface area contributed by atoms with Gasteiger partial charge in [-0.05, 0) is 12.8 Å². The van der Waals surface area contributed by atoms with Gasteiger partial charge < -0.3 is 4.90 Å². The smallest absolute Gasteiger partial charge is 0.236 e. The maximum atomic E-state index is 11.9. The first-order valence-corrected chi connectivity index (χ1v) is 6.95. The van der Waals surface area contributed by atoms with Gasteiger partial charge in [-0.3, -0.25) is 4.79 Å². The second-order valence-electron chi connectivity index (χ2n) is 3.61. The number of hydrogen-bond acceptors (Lipinski definition) is 3. The van der Waals surface area contributed by atoms with Crippen LogP contribution < -0.4 is 0 Å². The predicted octanol–water partition coefficient (Wildman–Crippen LogP) is 1.46. The summed E-state index contributed by atoms with van der Waals surface area (Å²) in [4.78, 5) is 13.8. The molecular formula is C9H15NOS2. The second-order valence-corrected chi connectivity index (χ2v) is 6.08. The van der Waals surface area contributed by atoms with Gasteiger partial charge in [-0.15, -0.1) is 11.8 Å². The van der Waals surface area contributed by atoms with Crippen LogP contribution in [0.4, 0.5) is 0 Å². The van der Waals surface area contributed by atoms with E-state index >= 15 is 0 Å². The number of carbonyl (C=O) groups excluding carboxylic acids is 1. The van der Waals surface area contributed by atoms with E-state index in [1.165, 1.54) is 18.6 Å². The minimum atomic E-state index is 0.240. The van der Waals surface area contributed by atoms with E-state index in [9.17, 15) is 4.79 Å². The molecule has 2 rings (SSSR count). The molecule has 1 unspecified atom stereocenters. The fraction of sp³-hybridized carbons (Fsp3) is 0.889. The molecule has 1 amide bonds. The van der Waals surface area contributed by atoms with Gasteiger partial charge in [-0.25, -0.2) is 0 Å². The van der Waals surface area contributed by atoms with E-state index in [1.807, 2.05) is 35.5 Å². The number of carbonyl (C=O) groups is 1. The van der Waals surface area contributed by atoms with Crippen molar-refractivity contribution in [1.29, 1.82) is 0 Å². The molecule has 0 spiro atoms. The van der Waals surface area contributed by atoms with Crippen LogP contribution in [0.3, 0.4) is 0 Å². The van der Waals surface area contributed by atoms with Crippen molar-refractivity contribution < 1.29 is 4.79 Å². The maximum Gasteiger partial charge on any atom is 0.236 e. The SMILES string of the molecule is CN(C(=O)C1CSCCS1)C1CC1. The summed E-state index contributed by atoms with van der Waals surface area (Å²) in [7, 11) is 1.96. The Morgan fingerprint density at radius 2 is 2.15 bits per heavy atom. The minimum absolute atomic E-state index is 0.240. The highest BCUT2D eigenvalue weighted by molar-refractivity contribution is 8.07. The molecule has 0 aromatic heterocycles. The van der Waals surface area contributed by atoms with Gasteiger partial charge in [0.1, 0.15) is 0 Å². The van der Waals surface area contributed by atoms with E-state index < -0.39 is 0 Å². The van der Waals surface area contributed by atoms with Crippen LogP contribution in [0.1, 0.15) is 12.8 Å². The van der Waals surface area contributed by atoms with Crippen LogP contribution in [-0.4, -0.2) is 46.4 Å². The minimum Gasteiger partial charge on any atom is -0.342 e. The van der Waals surface area contributed by atoms with Gasteiger partial charge in [-0.2, -0.15) is 11.8 Å². The molecule has 1 heterocycles. The fourth-order valence-corrected chi connectivity index (χ4v) is 4.15. The summed E-state index contributed by atoms with van der Waals surface area (Å²) < 4.78 is 0. The number of amides is 1. The lowest BCUT2D eigenvalue weighted by molar-refractivity contribution is -0.129. The molecule has 13 heavy (non-hydrogen) atoms. The lowest BCUT2D eigenvalue weighted by atomic mass is 10.4. The van der Waals surface area contributed by atoms with Crippen LogP contribution in [0.25, 0.3) is 0 Å². The average molecular weight is 217 g/mol. The van der Waals surface area contributed by atoms with Gasteiger partial charge in [0.05, 0.1) is 5.25 Å². The van der Waals surface area contributed by atoms with Gasteiger partial charge >= 0.3 is 0 Å². The molecule has 0 aromatic rings. The van der Waals surface area contributed by atoms with Crippen molar-refractivity contribution in [1.82, 2.24) is 4.90 Å². The van der Waals surface area contributed by atoms with E-state index in [0.29, 0.717) is 11.9 Å². The Balaban J connectivity index is 1.86. The van der Waals surface area contributed by atoms with Crippen LogP contribution >= 0.6 is 23.5 Å². The molecule has 1 saturated carbocycles. The van der Waals surface area contributed by atoms with E-state index in [4.69, 9.17) is 0 Å². The Labute approximate surface area is 87.8 Å². The largest absolute Gasteiger partial charge is 0.342 e. The van der Waals surface area contributed by atoms with Crippen LogP contribution in [-0.2, 0) is 4.79 Å². The maximum absolute atomic E-state index is 11.9. The fourth-order valence-electron chi connectivity index (χ4n) is 1.50. The Morgan fingerprint density at radius 3 is 2.69 bits per heavy atom. The molecule has 2 nitrogen and oxygen atoms in total. The van der Waals surface area contributed by atoms with Gasteiger partial charge in [-0.1, -0.05) is 0 Å². The summed E-state index contributed by atoms with van der Waals surface area (Å²) in [6.45, 7) is 0. The second kappa shape index (κ2) is 4.13. The number of rotatable bonds is 2. The molecule has 2 fully saturated rings. The molecular weight excluding hydrogens is 202 g/mol. The third kappa shape index (κ3) is 2.34. The van der Waals surface area contributed by atoms with Gasteiger partial charge in [0.2, 0.25) is 5.91 Å². The van der Waals surface area contributed by atoms with Crippen LogP contribution in [0.2, 0.25) is 0 Å². The van der Waals surface area contributed by atoms with Crippen LogP contribution in [0.15, 0.2) is 0 Å². The third-order valence-electron chi connectivity index (χ3n) is 2.53. The molecule has 1 saturated heterocycles. The van der Waals surface area contributed by atoms with Gasteiger partial charge in [0, 0.05) is 30.3 Å². The highest BCUT2D eigenvalue weighted by Crippen LogP contribution is 2.30. The molecule has 1 aliphatic carbocycles. The van der Waals surface area contributed by atoms with Crippen molar-refractivity contribution in [2.24, 2.45) is 0 Å². The zero-order valence-electron chi connectivity index (χ0n) is 7.86. The Bertz CT molecular complexity index is 200. The predicted molar refractivity (Wildman–Crippen MR) is 59.4 cm³/mol. The van der Waals surface area contributed by atoms with Crippen LogP contribution in [0, 0.1) is 0 Å². The lowest BCUT2D eigenvalue weighted by Crippen LogP contribution is -2.38. The molecule has 0 bridgehead atoms. The van der Waals surface area contributed by atoms with Gasteiger partial charge in [0.15, 0.2) is 0 Å². The highest BCUT2D eigenvalue weighted by Gasteiger charge is 2.33. The Morgan fingerprint density at radius 1 is 1.38 bits per heavy atom. The quantitative estimate of drug-likeness (QED) is 0.698. The van der Waals surface area contributed by atoms with Crippen molar-refractivity contribution in [3.63, 3.8) is 0 Å². The molecule has 0 aromatic carbocycles. The molecule has 1 aliphatic heterocycles. The molecule has 0 N–H and O–H groups in total. The first kappa shape index (κ1) is 9.71. The number of thioether (sulfide) groups is 2. The van der Waals surface area contributed by atoms with E-state index in [-0.39, 0.29) is 5.25 Å². The Kier molecular flexibility index (Phi) is 3.09. The average Bonchev–Trinajstić information content (AvgIpc) is 3.00. The zero-order valence-corrected chi connectivity index (χ0v) is 9.50. The monoisotopic (exact) mass is 217 g/mol. The summed E-state index contributed by atoms with van der Waals surface area (Å²) in [5.74, 6) is 3.72. The van der Waals surface area contributed by atoms with E-state index in [2.05, 4.69) is 0 Å². The molecule has 0 radical (unpaired) electrons. The first-order valence-electron chi connectivity index (χ1n) is 4.75. The van der Waals surface area contributed by atoms with Gasteiger partial charge in [0.25, 0.3) is 0 Å². The number of hydrogen-bond donors (Lipinski definition) is 0. The van der Waals surface area contributed by atoms with E-state index in [0.717, 1.165) is 11.5 Å². The lowest BCUT2D eigenvalue weighted by Gasteiger charge is -2.25. The van der Waals surface area contributed by atoms with Crippen molar-refractivity contribution in [2.45, 2.75) is 24.1 Å². The summed E-state index contributed by atoms with van der Waals surface area (Å²) in [6.07, 6.45) is 2.43. The summed E-state index contributed by atoms with van der Waals surface area (Å²) in [6, 6.07) is 0.569. The first-order chi connectivity index (χ1) is 6.29. The van der Waals surface area contributed by atoms with Crippen LogP contribution in [0.5, 0.6) is 0 Å². The molecule has 74 valence electrons. The normalized spacial score (nSPS) is 28.5.